The molecule has 0 aliphatic heterocycles. The van der Waals surface area contributed by atoms with Crippen LogP contribution >= 0.6 is 0 Å². The molecular formula is C13H21NO2. The number of alkyl carbamates (subject to hydrolysis) is 1. The first-order valence-electron chi connectivity index (χ1n) is 5.94. The molecule has 1 aliphatic rings. The summed E-state index contributed by atoms with van der Waals surface area (Å²) >= 11 is 0. The van der Waals surface area contributed by atoms with Gasteiger partial charge in [-0.3, -0.25) is 0 Å². The van der Waals surface area contributed by atoms with Crippen molar-refractivity contribution in [2.45, 2.75) is 39.2 Å². The standard InChI is InChI=1S/C13H21NO2/c1-11(2)16-13(15)14-10-6-9-12-7-4-3-5-8-12/h3-4,6,9,11-12H,5,7-8,10H2,1-2H3,(H,14,15)/b9-6+. The zero-order chi connectivity index (χ0) is 11.8. The van der Waals surface area contributed by atoms with E-state index >= 15 is 0 Å². The van der Waals surface area contributed by atoms with Gasteiger partial charge in [0, 0.05) is 6.54 Å². The van der Waals surface area contributed by atoms with Crippen LogP contribution in [-0.4, -0.2) is 18.7 Å². The van der Waals surface area contributed by atoms with Crippen molar-refractivity contribution in [3.05, 3.63) is 24.3 Å². The molecule has 3 nitrogen and oxygen atoms in total. The highest BCUT2D eigenvalue weighted by Gasteiger charge is 2.05. The van der Waals surface area contributed by atoms with Gasteiger partial charge in [0.2, 0.25) is 0 Å². The third kappa shape index (κ3) is 5.59. The summed E-state index contributed by atoms with van der Waals surface area (Å²) in [6.07, 6.45) is 11.7. The van der Waals surface area contributed by atoms with E-state index in [-0.39, 0.29) is 12.2 Å². The fourth-order valence-corrected chi connectivity index (χ4v) is 1.65. The average Bonchev–Trinajstić information content (AvgIpc) is 2.25. The first-order chi connectivity index (χ1) is 7.68. The van der Waals surface area contributed by atoms with Gasteiger partial charge in [-0.2, -0.15) is 0 Å². The number of allylic oxidation sites excluding steroid dienone is 3. The average molecular weight is 223 g/mol. The minimum atomic E-state index is -0.344. The van der Waals surface area contributed by atoms with Gasteiger partial charge in [0.25, 0.3) is 0 Å². The summed E-state index contributed by atoms with van der Waals surface area (Å²) in [6, 6.07) is 0. The lowest BCUT2D eigenvalue weighted by molar-refractivity contribution is 0.116. The predicted octanol–water partition coefficient (Wildman–Crippen LogP) is 3.03. The van der Waals surface area contributed by atoms with Gasteiger partial charge < -0.3 is 10.1 Å². The molecule has 90 valence electrons. The van der Waals surface area contributed by atoms with Crippen LogP contribution in [0, 0.1) is 5.92 Å². The van der Waals surface area contributed by atoms with Gasteiger partial charge in [0.15, 0.2) is 0 Å². The Balaban J connectivity index is 2.12. The monoisotopic (exact) mass is 223 g/mol. The molecule has 1 atom stereocenters. The maximum Gasteiger partial charge on any atom is 0.407 e. The third-order valence-electron chi connectivity index (χ3n) is 2.42. The van der Waals surface area contributed by atoms with E-state index in [1.807, 2.05) is 19.9 Å². The number of carbonyl (C=O) groups excluding carboxylic acids is 1. The first kappa shape index (κ1) is 12.8. The molecule has 1 unspecified atom stereocenters. The molecule has 0 heterocycles. The van der Waals surface area contributed by atoms with Crippen LogP contribution in [0.2, 0.25) is 0 Å². The predicted molar refractivity (Wildman–Crippen MR) is 65.2 cm³/mol. The Morgan fingerprint density at radius 3 is 3.00 bits per heavy atom. The molecule has 16 heavy (non-hydrogen) atoms. The van der Waals surface area contributed by atoms with Gasteiger partial charge in [-0.25, -0.2) is 4.79 Å². The smallest absolute Gasteiger partial charge is 0.407 e. The molecule has 0 bridgehead atoms. The molecule has 1 amide bonds. The summed E-state index contributed by atoms with van der Waals surface area (Å²) in [4.78, 5) is 11.1. The van der Waals surface area contributed by atoms with Crippen LogP contribution in [0.1, 0.15) is 33.1 Å². The van der Waals surface area contributed by atoms with Crippen molar-refractivity contribution >= 4 is 6.09 Å². The van der Waals surface area contributed by atoms with Crippen molar-refractivity contribution in [2.24, 2.45) is 5.92 Å². The maximum atomic E-state index is 11.1. The minimum Gasteiger partial charge on any atom is -0.447 e. The van der Waals surface area contributed by atoms with E-state index < -0.39 is 0 Å². The molecule has 0 fully saturated rings. The van der Waals surface area contributed by atoms with Crippen LogP contribution in [0.4, 0.5) is 4.79 Å². The number of hydrogen-bond acceptors (Lipinski definition) is 2. The number of hydrogen-bond donors (Lipinski definition) is 1. The lowest BCUT2D eigenvalue weighted by Gasteiger charge is -2.13. The molecule has 1 rings (SSSR count). The van der Waals surface area contributed by atoms with E-state index in [1.54, 1.807) is 0 Å². The molecule has 0 aromatic heterocycles. The van der Waals surface area contributed by atoms with Crippen molar-refractivity contribution in [1.29, 1.82) is 0 Å². The number of nitrogens with one attached hydrogen (secondary N) is 1. The highest BCUT2D eigenvalue weighted by molar-refractivity contribution is 5.67. The summed E-state index contributed by atoms with van der Waals surface area (Å²) in [5.41, 5.74) is 0. The maximum absolute atomic E-state index is 11.1. The van der Waals surface area contributed by atoms with Gasteiger partial charge >= 0.3 is 6.09 Å². The lowest BCUT2D eigenvalue weighted by atomic mass is 9.94. The highest BCUT2D eigenvalue weighted by Crippen LogP contribution is 2.18. The van der Waals surface area contributed by atoms with Gasteiger partial charge in [-0.05, 0) is 39.0 Å². The number of carbonyl (C=O) groups is 1. The summed E-state index contributed by atoms with van der Waals surface area (Å²) in [7, 11) is 0. The van der Waals surface area contributed by atoms with Crippen molar-refractivity contribution < 1.29 is 9.53 Å². The summed E-state index contributed by atoms with van der Waals surface area (Å²) < 4.78 is 4.95. The minimum absolute atomic E-state index is 0.0625. The van der Waals surface area contributed by atoms with Crippen LogP contribution in [0.5, 0.6) is 0 Å². The van der Waals surface area contributed by atoms with Crippen molar-refractivity contribution in [2.75, 3.05) is 6.54 Å². The second-order valence-electron chi connectivity index (χ2n) is 4.31. The van der Waals surface area contributed by atoms with E-state index in [1.165, 1.54) is 6.42 Å². The number of rotatable bonds is 4. The van der Waals surface area contributed by atoms with Crippen LogP contribution in [0.25, 0.3) is 0 Å². The largest absolute Gasteiger partial charge is 0.447 e. The van der Waals surface area contributed by atoms with E-state index in [0.717, 1.165) is 12.8 Å². The Kier molecular flexibility index (Phi) is 5.68. The quantitative estimate of drug-likeness (QED) is 0.744. The van der Waals surface area contributed by atoms with Crippen molar-refractivity contribution in [3.63, 3.8) is 0 Å². The summed E-state index contributed by atoms with van der Waals surface area (Å²) in [5.74, 6) is 0.632. The molecular weight excluding hydrogens is 202 g/mol. The fourth-order valence-electron chi connectivity index (χ4n) is 1.65. The van der Waals surface area contributed by atoms with Gasteiger partial charge in [0.05, 0.1) is 6.10 Å². The topological polar surface area (TPSA) is 38.3 Å². The van der Waals surface area contributed by atoms with Crippen molar-refractivity contribution in [3.8, 4) is 0 Å². The Labute approximate surface area is 97.6 Å². The molecule has 0 saturated carbocycles. The van der Waals surface area contributed by atoms with E-state index in [0.29, 0.717) is 12.5 Å². The van der Waals surface area contributed by atoms with E-state index in [4.69, 9.17) is 4.74 Å². The SMILES string of the molecule is CC(C)OC(=O)NC/C=C/C1CC=CCC1. The summed E-state index contributed by atoms with van der Waals surface area (Å²) in [5, 5.41) is 2.69. The van der Waals surface area contributed by atoms with Gasteiger partial charge in [-0.1, -0.05) is 24.3 Å². The van der Waals surface area contributed by atoms with Crippen LogP contribution < -0.4 is 5.32 Å². The highest BCUT2D eigenvalue weighted by atomic mass is 16.6. The molecule has 1 aliphatic carbocycles. The fraction of sp³-hybridized carbons (Fsp3) is 0.615. The molecule has 1 N–H and O–H groups in total. The second-order valence-corrected chi connectivity index (χ2v) is 4.31. The first-order valence-corrected chi connectivity index (χ1v) is 5.94. The Hall–Kier alpha value is -1.25. The normalized spacial score (nSPS) is 20.3. The van der Waals surface area contributed by atoms with Gasteiger partial charge in [-0.15, -0.1) is 0 Å². The van der Waals surface area contributed by atoms with E-state index in [9.17, 15) is 4.79 Å². The molecule has 0 radical (unpaired) electrons. The zero-order valence-corrected chi connectivity index (χ0v) is 10.1. The molecule has 0 aromatic rings. The molecule has 0 aromatic carbocycles. The van der Waals surface area contributed by atoms with Crippen LogP contribution in [-0.2, 0) is 4.74 Å². The Morgan fingerprint density at radius 1 is 1.56 bits per heavy atom. The molecule has 3 heteroatoms. The van der Waals surface area contributed by atoms with Crippen LogP contribution in [0.15, 0.2) is 24.3 Å². The molecule has 0 saturated heterocycles. The number of amides is 1. The van der Waals surface area contributed by atoms with Crippen LogP contribution in [0.3, 0.4) is 0 Å². The zero-order valence-electron chi connectivity index (χ0n) is 10.1. The molecule has 0 spiro atoms. The summed E-state index contributed by atoms with van der Waals surface area (Å²) in [6.45, 7) is 4.22. The third-order valence-corrected chi connectivity index (χ3v) is 2.42. The van der Waals surface area contributed by atoms with E-state index in [2.05, 4.69) is 23.5 Å². The lowest BCUT2D eigenvalue weighted by Crippen LogP contribution is -2.26. The second kappa shape index (κ2) is 7.09. The Bertz CT molecular complexity index is 269. The number of ether oxygens (including phenoxy) is 1. The van der Waals surface area contributed by atoms with Crippen molar-refractivity contribution in [1.82, 2.24) is 5.32 Å². The van der Waals surface area contributed by atoms with Gasteiger partial charge in [0.1, 0.15) is 0 Å². The Morgan fingerprint density at radius 2 is 2.38 bits per heavy atom.